The van der Waals surface area contributed by atoms with Crippen molar-refractivity contribution in [1.82, 2.24) is 0 Å². The van der Waals surface area contributed by atoms with Crippen molar-refractivity contribution >= 4 is 17.9 Å². The molecule has 6 heteroatoms. The Morgan fingerprint density at radius 2 is 0.527 bits per heavy atom. The third kappa shape index (κ3) is 59.7. The molecule has 0 spiro atoms. The molecule has 0 bridgehead atoms. The molecule has 0 rings (SSSR count). The summed E-state index contributed by atoms with van der Waals surface area (Å²) < 4.78 is 16.9. The monoisotopic (exact) mass is 1030 g/mol. The van der Waals surface area contributed by atoms with E-state index in [0.29, 0.717) is 19.3 Å². The van der Waals surface area contributed by atoms with E-state index < -0.39 is 6.10 Å². The molecular weight excluding hydrogens is 913 g/mol. The summed E-state index contributed by atoms with van der Waals surface area (Å²) in [6.45, 7) is 6.54. The first-order valence-electron chi connectivity index (χ1n) is 31.9. The first-order chi connectivity index (χ1) is 36.5. The minimum Gasteiger partial charge on any atom is -0.462 e. The zero-order valence-corrected chi connectivity index (χ0v) is 49.1. The van der Waals surface area contributed by atoms with Crippen LogP contribution in [-0.2, 0) is 28.6 Å². The van der Waals surface area contributed by atoms with Gasteiger partial charge in [-0.1, -0.05) is 286 Å². The number of allylic oxidation sites excluding steroid dienone is 12. The molecule has 0 unspecified atom stereocenters. The Hall–Kier alpha value is -3.15. The maximum absolute atomic E-state index is 12.9. The summed E-state index contributed by atoms with van der Waals surface area (Å²) in [5.74, 6) is -0.902. The highest BCUT2D eigenvalue weighted by atomic mass is 16.6. The lowest BCUT2D eigenvalue weighted by Crippen LogP contribution is -2.30. The molecule has 428 valence electrons. The number of carbonyl (C=O) groups is 3. The average Bonchev–Trinajstić information content (AvgIpc) is 3.40. The van der Waals surface area contributed by atoms with Gasteiger partial charge in [-0.3, -0.25) is 14.4 Å². The number of hydrogen-bond donors (Lipinski definition) is 0. The minimum absolute atomic E-state index is 0.0837. The van der Waals surface area contributed by atoms with E-state index in [0.717, 1.165) is 96.3 Å². The van der Waals surface area contributed by atoms with E-state index in [9.17, 15) is 14.4 Å². The zero-order valence-electron chi connectivity index (χ0n) is 49.1. The van der Waals surface area contributed by atoms with Crippen LogP contribution in [0, 0.1) is 0 Å². The number of carbonyl (C=O) groups excluding carboxylic acids is 3. The number of hydrogen-bond acceptors (Lipinski definition) is 6. The van der Waals surface area contributed by atoms with Gasteiger partial charge in [0.2, 0.25) is 0 Å². The van der Waals surface area contributed by atoms with Crippen LogP contribution in [0.25, 0.3) is 0 Å². The molecule has 0 saturated carbocycles. The molecule has 0 aliphatic rings. The molecule has 0 fully saturated rings. The van der Waals surface area contributed by atoms with Gasteiger partial charge in [-0.2, -0.15) is 0 Å². The van der Waals surface area contributed by atoms with Gasteiger partial charge in [0.25, 0.3) is 0 Å². The van der Waals surface area contributed by atoms with Crippen molar-refractivity contribution in [3.05, 3.63) is 72.9 Å². The first-order valence-corrected chi connectivity index (χ1v) is 31.9. The quantitative estimate of drug-likeness (QED) is 0.0261. The van der Waals surface area contributed by atoms with E-state index >= 15 is 0 Å². The van der Waals surface area contributed by atoms with Gasteiger partial charge in [0, 0.05) is 19.3 Å². The van der Waals surface area contributed by atoms with E-state index in [2.05, 4.69) is 93.7 Å². The fraction of sp³-hybridized carbons (Fsp3) is 0.779. The minimum atomic E-state index is -0.790. The van der Waals surface area contributed by atoms with Crippen molar-refractivity contribution in [3.63, 3.8) is 0 Å². The highest BCUT2D eigenvalue weighted by Crippen LogP contribution is 2.17. The topological polar surface area (TPSA) is 78.9 Å². The summed E-state index contributed by atoms with van der Waals surface area (Å²) in [5, 5.41) is 0. The standard InChI is InChI=1S/C68H120O6/c1-4-7-10-13-16-19-22-25-28-31-34-37-40-43-46-49-52-55-58-61-67(70)73-64-65(63-72-66(69)60-57-54-51-48-45-42-39-36-33-30-27-24-21-18-15-12-9-6-3)74-68(71)62-59-56-53-50-47-44-41-38-35-32-29-26-23-20-17-14-11-8-5-2/h7,10,16,19,25-26,28-29,34,37,43,46,65H,4-6,8-9,11-15,17-18,20-24,27,30-33,35-36,38-42,44-45,47-64H2,1-3H3/b10-7-,19-16-,28-25-,29-26-,37-34-,46-43-/t65-/m1/s1. The smallest absolute Gasteiger partial charge is 0.306 e. The third-order valence-corrected chi connectivity index (χ3v) is 13.9. The Bertz CT molecular complexity index is 1370. The van der Waals surface area contributed by atoms with Gasteiger partial charge in [0.05, 0.1) is 0 Å². The molecule has 0 aliphatic carbocycles. The highest BCUT2D eigenvalue weighted by molar-refractivity contribution is 5.71. The largest absolute Gasteiger partial charge is 0.462 e. The Kier molecular flexibility index (Phi) is 59.7. The molecular formula is C68H120O6. The van der Waals surface area contributed by atoms with Gasteiger partial charge >= 0.3 is 17.9 Å². The molecule has 1 atom stereocenters. The predicted molar refractivity (Wildman–Crippen MR) is 321 cm³/mol. The van der Waals surface area contributed by atoms with Crippen LogP contribution in [0.5, 0.6) is 0 Å². The molecule has 74 heavy (non-hydrogen) atoms. The molecule has 0 saturated heterocycles. The van der Waals surface area contributed by atoms with Crippen LogP contribution in [0.4, 0.5) is 0 Å². The van der Waals surface area contributed by atoms with Crippen LogP contribution < -0.4 is 0 Å². The Balaban J connectivity index is 4.41. The number of rotatable bonds is 58. The van der Waals surface area contributed by atoms with Crippen LogP contribution in [-0.4, -0.2) is 37.2 Å². The second kappa shape index (κ2) is 62.4. The number of ether oxygens (including phenoxy) is 3. The maximum Gasteiger partial charge on any atom is 0.306 e. The van der Waals surface area contributed by atoms with Crippen molar-refractivity contribution in [3.8, 4) is 0 Å². The van der Waals surface area contributed by atoms with E-state index in [1.165, 1.54) is 186 Å². The van der Waals surface area contributed by atoms with Crippen molar-refractivity contribution in [2.75, 3.05) is 13.2 Å². The van der Waals surface area contributed by atoms with Gasteiger partial charge in [-0.15, -0.1) is 0 Å². The van der Waals surface area contributed by atoms with Crippen LogP contribution in [0.15, 0.2) is 72.9 Å². The van der Waals surface area contributed by atoms with Crippen LogP contribution in [0.1, 0.15) is 323 Å². The molecule has 0 aromatic heterocycles. The lowest BCUT2D eigenvalue weighted by Gasteiger charge is -2.18. The van der Waals surface area contributed by atoms with E-state index in [-0.39, 0.29) is 31.1 Å². The van der Waals surface area contributed by atoms with Crippen molar-refractivity contribution in [1.29, 1.82) is 0 Å². The van der Waals surface area contributed by atoms with Crippen LogP contribution in [0.2, 0.25) is 0 Å². The Morgan fingerprint density at radius 3 is 0.851 bits per heavy atom. The third-order valence-electron chi connectivity index (χ3n) is 13.9. The van der Waals surface area contributed by atoms with Crippen molar-refractivity contribution in [2.24, 2.45) is 0 Å². The van der Waals surface area contributed by atoms with Crippen LogP contribution in [0.3, 0.4) is 0 Å². The van der Waals surface area contributed by atoms with Crippen LogP contribution >= 0.6 is 0 Å². The summed E-state index contributed by atoms with van der Waals surface area (Å²) in [5.41, 5.74) is 0. The molecule has 0 aromatic carbocycles. The average molecular weight is 1030 g/mol. The lowest BCUT2D eigenvalue weighted by molar-refractivity contribution is -0.167. The predicted octanol–water partition coefficient (Wildman–Crippen LogP) is 21.7. The molecule has 0 amide bonds. The van der Waals surface area contributed by atoms with Crippen molar-refractivity contribution < 1.29 is 28.6 Å². The van der Waals surface area contributed by atoms with E-state index in [1.807, 2.05) is 0 Å². The Morgan fingerprint density at radius 1 is 0.284 bits per heavy atom. The molecule has 0 aliphatic heterocycles. The normalized spacial score (nSPS) is 12.5. The summed E-state index contributed by atoms with van der Waals surface area (Å²) >= 11 is 0. The van der Waals surface area contributed by atoms with Gasteiger partial charge in [-0.05, 0) is 89.9 Å². The van der Waals surface area contributed by atoms with E-state index in [1.54, 1.807) is 0 Å². The lowest BCUT2D eigenvalue weighted by atomic mass is 10.0. The molecule has 0 heterocycles. The van der Waals surface area contributed by atoms with Gasteiger partial charge in [0.15, 0.2) is 6.10 Å². The molecule has 0 aromatic rings. The summed E-state index contributed by atoms with van der Waals surface area (Å²) in [6.07, 6.45) is 80.4. The maximum atomic E-state index is 12.9. The second-order valence-electron chi connectivity index (χ2n) is 21.3. The summed E-state index contributed by atoms with van der Waals surface area (Å²) in [6, 6.07) is 0. The second-order valence-corrected chi connectivity index (χ2v) is 21.3. The number of unbranched alkanes of at least 4 members (excludes halogenated alkanes) is 35. The van der Waals surface area contributed by atoms with Gasteiger partial charge in [-0.25, -0.2) is 0 Å². The van der Waals surface area contributed by atoms with E-state index in [4.69, 9.17) is 14.2 Å². The Labute approximate surface area is 459 Å². The summed E-state index contributed by atoms with van der Waals surface area (Å²) in [7, 11) is 0. The highest BCUT2D eigenvalue weighted by Gasteiger charge is 2.19. The zero-order chi connectivity index (χ0) is 53.6. The summed E-state index contributed by atoms with van der Waals surface area (Å²) in [4.78, 5) is 38.3. The molecule has 0 radical (unpaired) electrons. The first kappa shape index (κ1) is 70.8. The SMILES string of the molecule is CC/C=C\C/C=C\C/C=C\C/C=C\C/C=C\CCCCCC(=O)OC[C@@H](COC(=O)CCCCCCCCCCCCCCCCCCCC)OC(=O)CCCCCCCCCCC/C=C\CCCCCCCC. The molecule has 0 N–H and O–H groups in total. The molecule has 6 nitrogen and oxygen atoms in total. The fourth-order valence-electron chi connectivity index (χ4n) is 9.17. The van der Waals surface area contributed by atoms with Gasteiger partial charge < -0.3 is 14.2 Å². The fourth-order valence-corrected chi connectivity index (χ4v) is 9.17. The number of esters is 3. The van der Waals surface area contributed by atoms with Gasteiger partial charge in [0.1, 0.15) is 13.2 Å². The van der Waals surface area contributed by atoms with Crippen molar-refractivity contribution in [2.45, 2.75) is 329 Å².